The van der Waals surface area contributed by atoms with Crippen LogP contribution in [0.4, 0.5) is 0 Å². The Kier molecular flexibility index (Phi) is 5.46. The van der Waals surface area contributed by atoms with Crippen molar-refractivity contribution in [3.8, 4) is 0 Å². The van der Waals surface area contributed by atoms with E-state index in [1.807, 2.05) is 13.0 Å². The van der Waals surface area contributed by atoms with Crippen LogP contribution in [0.5, 0.6) is 0 Å². The highest BCUT2D eigenvalue weighted by molar-refractivity contribution is 6.31. The minimum atomic E-state index is -1.25. The van der Waals surface area contributed by atoms with E-state index in [0.717, 1.165) is 16.7 Å². The molecule has 0 amide bonds. The minimum Gasteiger partial charge on any atom is -0.388 e. The molecule has 0 spiro atoms. The van der Waals surface area contributed by atoms with E-state index < -0.39 is 30.5 Å². The first-order valence-corrected chi connectivity index (χ1v) is 8.78. The normalized spacial score (nSPS) is 29.6. The number of benzene rings is 2. The average Bonchev–Trinajstić information content (AvgIpc) is 2.60. The Morgan fingerprint density at radius 1 is 0.960 bits per heavy atom. The molecule has 2 aromatic carbocycles. The number of hydrogen-bond acceptors (Lipinski definition) is 4. The average molecular weight is 363 g/mol. The maximum atomic E-state index is 10.3. The van der Waals surface area contributed by atoms with E-state index >= 15 is 0 Å². The largest absolute Gasteiger partial charge is 0.388 e. The standard InChI is InChI=1S/C20H23ClO4/c1-11-3-5-13(6-4-11)9-15-10-14(7-8-16(15)21)20-19(24)18(23)17(22)12(2)25-20/h3-8,10,12,17-20,22-24H,9H2,1-2H3. The summed E-state index contributed by atoms with van der Waals surface area (Å²) in [7, 11) is 0. The highest BCUT2D eigenvalue weighted by Gasteiger charge is 2.42. The van der Waals surface area contributed by atoms with Gasteiger partial charge in [0.25, 0.3) is 0 Å². The summed E-state index contributed by atoms with van der Waals surface area (Å²) in [6, 6.07) is 13.7. The third kappa shape index (κ3) is 3.89. The van der Waals surface area contributed by atoms with Crippen molar-refractivity contribution in [3.63, 3.8) is 0 Å². The molecule has 5 unspecified atom stereocenters. The molecule has 3 N–H and O–H groups in total. The zero-order valence-corrected chi connectivity index (χ0v) is 15.0. The summed E-state index contributed by atoms with van der Waals surface area (Å²) in [5.74, 6) is 0. The van der Waals surface area contributed by atoms with Gasteiger partial charge < -0.3 is 20.1 Å². The molecule has 1 fully saturated rings. The van der Waals surface area contributed by atoms with Gasteiger partial charge in [-0.1, -0.05) is 53.6 Å². The van der Waals surface area contributed by atoms with Crippen LogP contribution in [0, 0.1) is 6.92 Å². The molecule has 0 saturated carbocycles. The molecule has 0 bridgehead atoms. The van der Waals surface area contributed by atoms with Gasteiger partial charge in [0.15, 0.2) is 0 Å². The van der Waals surface area contributed by atoms with Gasteiger partial charge in [0.2, 0.25) is 0 Å². The molecule has 4 nitrogen and oxygen atoms in total. The molecule has 134 valence electrons. The third-order valence-electron chi connectivity index (χ3n) is 4.77. The zero-order valence-electron chi connectivity index (χ0n) is 14.3. The summed E-state index contributed by atoms with van der Waals surface area (Å²) < 4.78 is 5.73. The number of aliphatic hydroxyl groups is 3. The third-order valence-corrected chi connectivity index (χ3v) is 5.13. The van der Waals surface area contributed by atoms with Crippen LogP contribution in [0.25, 0.3) is 0 Å². The molecule has 3 rings (SSSR count). The van der Waals surface area contributed by atoms with Crippen LogP contribution in [0.1, 0.15) is 35.3 Å². The Labute approximate surface area is 152 Å². The number of ether oxygens (including phenoxy) is 1. The molecule has 1 saturated heterocycles. The molecule has 1 heterocycles. The van der Waals surface area contributed by atoms with Gasteiger partial charge in [-0.3, -0.25) is 0 Å². The van der Waals surface area contributed by atoms with E-state index in [-0.39, 0.29) is 0 Å². The number of aryl methyl sites for hydroxylation is 1. The molecule has 0 aliphatic carbocycles. The Balaban J connectivity index is 1.87. The fourth-order valence-electron chi connectivity index (χ4n) is 3.16. The van der Waals surface area contributed by atoms with Crippen LogP contribution >= 0.6 is 11.6 Å². The monoisotopic (exact) mass is 362 g/mol. The van der Waals surface area contributed by atoms with Crippen LogP contribution in [0.3, 0.4) is 0 Å². The highest BCUT2D eigenvalue weighted by atomic mass is 35.5. The first kappa shape index (κ1) is 18.4. The summed E-state index contributed by atoms with van der Waals surface area (Å²) >= 11 is 6.34. The quantitative estimate of drug-likeness (QED) is 0.785. The Morgan fingerprint density at radius 3 is 2.32 bits per heavy atom. The molecule has 5 atom stereocenters. The number of rotatable bonds is 3. The lowest BCUT2D eigenvalue weighted by molar-refractivity contribution is -0.219. The summed E-state index contributed by atoms with van der Waals surface area (Å²) in [6.07, 6.45) is -4.16. The smallest absolute Gasteiger partial charge is 0.113 e. The van der Waals surface area contributed by atoms with Gasteiger partial charge in [0.05, 0.1) is 6.10 Å². The summed E-state index contributed by atoms with van der Waals surface area (Å²) in [5, 5.41) is 30.8. The maximum Gasteiger partial charge on any atom is 0.113 e. The Bertz CT molecular complexity index is 731. The molecule has 2 aromatic rings. The fraction of sp³-hybridized carbons (Fsp3) is 0.400. The SMILES string of the molecule is Cc1ccc(Cc2cc(C3OC(C)C(O)C(O)C3O)ccc2Cl)cc1. The Hall–Kier alpha value is -1.43. The Morgan fingerprint density at radius 2 is 1.64 bits per heavy atom. The summed E-state index contributed by atoms with van der Waals surface area (Å²) in [4.78, 5) is 0. The molecule has 0 radical (unpaired) electrons. The van der Waals surface area contributed by atoms with Crippen molar-refractivity contribution in [2.75, 3.05) is 0 Å². The van der Waals surface area contributed by atoms with E-state index in [1.165, 1.54) is 5.56 Å². The molecule has 5 heteroatoms. The summed E-state index contributed by atoms with van der Waals surface area (Å²) in [6.45, 7) is 3.72. The van der Waals surface area contributed by atoms with Crippen LogP contribution in [0.15, 0.2) is 42.5 Å². The lowest BCUT2D eigenvalue weighted by atomic mass is 9.90. The number of aliphatic hydroxyl groups excluding tert-OH is 3. The number of halogens is 1. The molecular formula is C20H23ClO4. The molecule has 25 heavy (non-hydrogen) atoms. The van der Waals surface area contributed by atoms with Crippen molar-refractivity contribution < 1.29 is 20.1 Å². The van der Waals surface area contributed by atoms with E-state index in [4.69, 9.17) is 16.3 Å². The first-order valence-electron chi connectivity index (χ1n) is 8.40. The number of hydrogen-bond donors (Lipinski definition) is 3. The van der Waals surface area contributed by atoms with Crippen LogP contribution in [-0.4, -0.2) is 39.7 Å². The van der Waals surface area contributed by atoms with E-state index in [0.29, 0.717) is 11.4 Å². The van der Waals surface area contributed by atoms with Crippen molar-refractivity contribution in [1.82, 2.24) is 0 Å². The lowest BCUT2D eigenvalue weighted by Gasteiger charge is -2.39. The van der Waals surface area contributed by atoms with E-state index in [9.17, 15) is 15.3 Å². The van der Waals surface area contributed by atoms with Gasteiger partial charge in [0, 0.05) is 5.02 Å². The zero-order chi connectivity index (χ0) is 18.1. The van der Waals surface area contributed by atoms with Crippen molar-refractivity contribution >= 4 is 11.6 Å². The highest BCUT2D eigenvalue weighted by Crippen LogP contribution is 2.34. The predicted octanol–water partition coefficient (Wildman–Crippen LogP) is 2.78. The van der Waals surface area contributed by atoms with Crippen LogP contribution in [-0.2, 0) is 11.2 Å². The molecule has 0 aromatic heterocycles. The maximum absolute atomic E-state index is 10.3. The van der Waals surface area contributed by atoms with Gasteiger partial charge >= 0.3 is 0 Å². The van der Waals surface area contributed by atoms with E-state index in [1.54, 1.807) is 19.1 Å². The second-order valence-electron chi connectivity index (χ2n) is 6.75. The van der Waals surface area contributed by atoms with Crippen LogP contribution < -0.4 is 0 Å². The summed E-state index contributed by atoms with van der Waals surface area (Å²) in [5.41, 5.74) is 3.99. The van der Waals surface area contributed by atoms with Crippen molar-refractivity contribution in [2.24, 2.45) is 0 Å². The van der Waals surface area contributed by atoms with Crippen LogP contribution in [0.2, 0.25) is 5.02 Å². The second kappa shape index (κ2) is 7.44. The fourth-order valence-corrected chi connectivity index (χ4v) is 3.34. The lowest BCUT2D eigenvalue weighted by Crippen LogP contribution is -2.53. The minimum absolute atomic E-state index is 0.570. The van der Waals surface area contributed by atoms with Gasteiger partial charge in [-0.15, -0.1) is 0 Å². The van der Waals surface area contributed by atoms with Gasteiger partial charge in [-0.05, 0) is 43.0 Å². The second-order valence-corrected chi connectivity index (χ2v) is 7.15. The van der Waals surface area contributed by atoms with Gasteiger partial charge in [-0.25, -0.2) is 0 Å². The topological polar surface area (TPSA) is 69.9 Å². The molecule has 1 aliphatic rings. The first-order chi connectivity index (χ1) is 11.9. The van der Waals surface area contributed by atoms with Crippen molar-refractivity contribution in [1.29, 1.82) is 0 Å². The van der Waals surface area contributed by atoms with Gasteiger partial charge in [-0.2, -0.15) is 0 Å². The van der Waals surface area contributed by atoms with E-state index in [2.05, 4.69) is 24.3 Å². The molecule has 1 aliphatic heterocycles. The van der Waals surface area contributed by atoms with Gasteiger partial charge in [0.1, 0.15) is 24.4 Å². The predicted molar refractivity (Wildman–Crippen MR) is 96.7 cm³/mol. The molecular weight excluding hydrogens is 340 g/mol. The van der Waals surface area contributed by atoms with Crippen molar-refractivity contribution in [3.05, 3.63) is 69.7 Å². The van der Waals surface area contributed by atoms with Crippen molar-refractivity contribution in [2.45, 2.75) is 50.8 Å².